The lowest BCUT2D eigenvalue weighted by molar-refractivity contribution is -0.150. The van der Waals surface area contributed by atoms with E-state index in [1.807, 2.05) is 60.7 Å². The normalized spacial score (nSPS) is 12.1. The number of aromatic amines is 1. The number of rotatable bonds is 9. The highest BCUT2D eigenvalue weighted by molar-refractivity contribution is 5.82. The number of benzene rings is 2. The van der Waals surface area contributed by atoms with Crippen LogP contribution < -0.4 is 0 Å². The molecule has 0 aliphatic heterocycles. The van der Waals surface area contributed by atoms with Crippen LogP contribution in [0.3, 0.4) is 0 Å². The number of hydrogen-bond acceptors (Lipinski definition) is 5. The molecule has 174 valence electrons. The molecule has 0 aliphatic carbocycles. The minimum Gasteiger partial charge on any atom is -0.464 e. The van der Waals surface area contributed by atoms with E-state index in [9.17, 15) is 9.59 Å². The molecule has 7 heteroatoms. The van der Waals surface area contributed by atoms with E-state index < -0.39 is 23.7 Å². The Morgan fingerprint density at radius 1 is 1.00 bits per heavy atom. The zero-order chi connectivity index (χ0) is 23.7. The third-order valence-electron chi connectivity index (χ3n) is 4.92. The van der Waals surface area contributed by atoms with E-state index in [2.05, 4.69) is 9.97 Å². The van der Waals surface area contributed by atoms with Gasteiger partial charge in [-0.3, -0.25) is 4.90 Å². The van der Waals surface area contributed by atoms with E-state index in [0.717, 1.165) is 16.8 Å². The molecular weight excluding hydrogens is 418 g/mol. The number of ether oxygens (including phenoxy) is 2. The molecule has 33 heavy (non-hydrogen) atoms. The summed E-state index contributed by atoms with van der Waals surface area (Å²) >= 11 is 0. The Hall–Kier alpha value is -3.61. The minimum absolute atomic E-state index is 0.211. The van der Waals surface area contributed by atoms with E-state index in [-0.39, 0.29) is 19.6 Å². The van der Waals surface area contributed by atoms with Crippen molar-refractivity contribution < 1.29 is 19.1 Å². The summed E-state index contributed by atoms with van der Waals surface area (Å²) in [6.07, 6.45) is 3.43. The monoisotopic (exact) mass is 449 g/mol. The van der Waals surface area contributed by atoms with Crippen LogP contribution in [-0.4, -0.2) is 45.2 Å². The fraction of sp³-hybridized carbons (Fsp3) is 0.346. The smallest absolute Gasteiger partial charge is 0.411 e. The van der Waals surface area contributed by atoms with Crippen LogP contribution in [0.25, 0.3) is 0 Å². The molecule has 0 aliphatic rings. The second kappa shape index (κ2) is 11.3. The van der Waals surface area contributed by atoms with E-state index in [4.69, 9.17) is 9.47 Å². The third-order valence-corrected chi connectivity index (χ3v) is 4.92. The molecule has 2 aromatic carbocycles. The Balaban J connectivity index is 1.82. The SMILES string of the molecule is CC(C)(C)OC(=O)N(Cc1ccccc1)[C@@H](Cc1cnc[nH]1)C(=O)OCCc1ccccc1. The second-order valence-electron chi connectivity index (χ2n) is 8.79. The van der Waals surface area contributed by atoms with Crippen molar-refractivity contribution in [3.8, 4) is 0 Å². The fourth-order valence-electron chi connectivity index (χ4n) is 3.34. The van der Waals surface area contributed by atoms with Crippen molar-refractivity contribution in [3.63, 3.8) is 0 Å². The first-order chi connectivity index (χ1) is 15.8. The summed E-state index contributed by atoms with van der Waals surface area (Å²) in [5.74, 6) is -0.484. The molecule has 1 atom stereocenters. The van der Waals surface area contributed by atoms with Gasteiger partial charge in [0.2, 0.25) is 0 Å². The summed E-state index contributed by atoms with van der Waals surface area (Å²) in [7, 11) is 0. The topological polar surface area (TPSA) is 84.5 Å². The summed E-state index contributed by atoms with van der Waals surface area (Å²) < 4.78 is 11.3. The zero-order valence-corrected chi connectivity index (χ0v) is 19.4. The van der Waals surface area contributed by atoms with Crippen LogP contribution in [0.5, 0.6) is 0 Å². The Bertz CT molecular complexity index is 999. The average molecular weight is 450 g/mol. The molecule has 3 aromatic rings. The molecule has 7 nitrogen and oxygen atoms in total. The molecule has 0 saturated carbocycles. The van der Waals surface area contributed by atoms with Gasteiger partial charge in [0, 0.05) is 31.3 Å². The number of amides is 1. The van der Waals surface area contributed by atoms with Gasteiger partial charge in [-0.05, 0) is 31.9 Å². The van der Waals surface area contributed by atoms with Crippen molar-refractivity contribution in [2.45, 2.75) is 51.8 Å². The van der Waals surface area contributed by atoms with Gasteiger partial charge in [0.05, 0.1) is 12.9 Å². The lowest BCUT2D eigenvalue weighted by atomic mass is 10.1. The molecule has 0 unspecified atom stereocenters. The second-order valence-corrected chi connectivity index (χ2v) is 8.79. The van der Waals surface area contributed by atoms with Gasteiger partial charge in [0.1, 0.15) is 11.6 Å². The summed E-state index contributed by atoms with van der Waals surface area (Å²) in [6.45, 7) is 5.83. The van der Waals surface area contributed by atoms with Crippen LogP contribution in [0.4, 0.5) is 4.79 Å². The quantitative estimate of drug-likeness (QED) is 0.485. The third kappa shape index (κ3) is 7.79. The maximum atomic E-state index is 13.3. The number of carbonyl (C=O) groups excluding carboxylic acids is 2. The molecule has 0 spiro atoms. The lowest BCUT2D eigenvalue weighted by Gasteiger charge is -2.32. The molecule has 3 rings (SSSR count). The Labute approximate surface area is 194 Å². The largest absolute Gasteiger partial charge is 0.464 e. The van der Waals surface area contributed by atoms with Crippen molar-refractivity contribution in [1.82, 2.24) is 14.9 Å². The number of nitrogens with zero attached hydrogens (tertiary/aromatic N) is 2. The Kier molecular flexibility index (Phi) is 8.24. The van der Waals surface area contributed by atoms with Crippen molar-refractivity contribution in [2.24, 2.45) is 0 Å². The number of aromatic nitrogens is 2. The molecule has 0 radical (unpaired) electrons. The molecule has 1 aromatic heterocycles. The molecular formula is C26H31N3O4. The number of H-pyrrole nitrogens is 1. The highest BCUT2D eigenvalue weighted by Gasteiger charge is 2.34. The predicted molar refractivity (Wildman–Crippen MR) is 125 cm³/mol. The predicted octanol–water partition coefficient (Wildman–Crippen LogP) is 4.54. The molecule has 0 fully saturated rings. The van der Waals surface area contributed by atoms with Gasteiger partial charge in [0.15, 0.2) is 0 Å². The molecule has 1 N–H and O–H groups in total. The summed E-state index contributed by atoms with van der Waals surface area (Å²) in [5.41, 5.74) is 1.97. The van der Waals surface area contributed by atoms with Gasteiger partial charge in [-0.15, -0.1) is 0 Å². The molecule has 0 saturated heterocycles. The van der Waals surface area contributed by atoms with Crippen LogP contribution in [0, 0.1) is 0 Å². The number of imidazole rings is 1. The lowest BCUT2D eigenvalue weighted by Crippen LogP contribution is -2.48. The first kappa shape index (κ1) is 24.0. The number of esters is 1. The number of hydrogen-bond donors (Lipinski definition) is 1. The Morgan fingerprint density at radius 3 is 2.21 bits per heavy atom. The summed E-state index contributed by atoms with van der Waals surface area (Å²) in [6, 6.07) is 18.4. The van der Waals surface area contributed by atoms with E-state index >= 15 is 0 Å². The van der Waals surface area contributed by atoms with Crippen molar-refractivity contribution in [2.75, 3.05) is 6.61 Å². The standard InChI is InChI=1S/C26H31N3O4/c1-26(2,3)33-25(31)29(18-21-12-8-5-9-13-21)23(16-22-17-27-19-28-22)24(30)32-15-14-20-10-6-4-7-11-20/h4-13,17,19,23H,14-16,18H2,1-3H3,(H,27,28)/t23-/m0/s1. The van der Waals surface area contributed by atoms with E-state index in [1.165, 1.54) is 4.90 Å². The van der Waals surface area contributed by atoms with Crippen molar-refractivity contribution in [3.05, 3.63) is 90.0 Å². The number of nitrogens with one attached hydrogen (secondary N) is 1. The Morgan fingerprint density at radius 2 is 1.64 bits per heavy atom. The highest BCUT2D eigenvalue weighted by Crippen LogP contribution is 2.19. The van der Waals surface area contributed by atoms with E-state index in [0.29, 0.717) is 6.42 Å². The van der Waals surface area contributed by atoms with Crippen LogP contribution in [-0.2, 0) is 33.7 Å². The van der Waals surface area contributed by atoms with Crippen LogP contribution in [0.1, 0.15) is 37.6 Å². The van der Waals surface area contributed by atoms with Gasteiger partial charge in [0.25, 0.3) is 0 Å². The van der Waals surface area contributed by atoms with Crippen LogP contribution in [0.15, 0.2) is 73.2 Å². The number of carbonyl (C=O) groups is 2. The van der Waals surface area contributed by atoms with Crippen molar-refractivity contribution >= 4 is 12.1 Å². The highest BCUT2D eigenvalue weighted by atomic mass is 16.6. The minimum atomic E-state index is -0.878. The molecule has 0 bridgehead atoms. The van der Waals surface area contributed by atoms with Gasteiger partial charge in [-0.2, -0.15) is 0 Å². The first-order valence-corrected chi connectivity index (χ1v) is 11.0. The van der Waals surface area contributed by atoms with Crippen molar-refractivity contribution in [1.29, 1.82) is 0 Å². The molecule has 1 heterocycles. The van der Waals surface area contributed by atoms with Crippen LogP contribution in [0.2, 0.25) is 0 Å². The average Bonchev–Trinajstić information content (AvgIpc) is 3.29. The van der Waals surface area contributed by atoms with Gasteiger partial charge >= 0.3 is 12.1 Å². The summed E-state index contributed by atoms with van der Waals surface area (Å²) in [5, 5.41) is 0. The maximum Gasteiger partial charge on any atom is 0.411 e. The van der Waals surface area contributed by atoms with Gasteiger partial charge < -0.3 is 14.5 Å². The van der Waals surface area contributed by atoms with Crippen LogP contribution >= 0.6 is 0 Å². The first-order valence-electron chi connectivity index (χ1n) is 11.0. The van der Waals surface area contributed by atoms with Gasteiger partial charge in [-0.1, -0.05) is 60.7 Å². The van der Waals surface area contributed by atoms with E-state index in [1.54, 1.807) is 33.3 Å². The zero-order valence-electron chi connectivity index (χ0n) is 19.4. The van der Waals surface area contributed by atoms with Gasteiger partial charge in [-0.25, -0.2) is 14.6 Å². The fourth-order valence-corrected chi connectivity index (χ4v) is 3.34. The molecule has 1 amide bonds. The summed E-state index contributed by atoms with van der Waals surface area (Å²) in [4.78, 5) is 34.9. The maximum absolute atomic E-state index is 13.3.